The van der Waals surface area contributed by atoms with E-state index >= 15 is 0 Å². The van der Waals surface area contributed by atoms with Crippen LogP contribution in [0.25, 0.3) is 6.08 Å². The van der Waals surface area contributed by atoms with Gasteiger partial charge in [0.1, 0.15) is 5.70 Å². The van der Waals surface area contributed by atoms with Crippen LogP contribution in [0.4, 0.5) is 13.2 Å². The molecule has 0 fully saturated rings. The Morgan fingerprint density at radius 3 is 2.24 bits per heavy atom. The first kappa shape index (κ1) is 13.3. The number of halogens is 3. The maximum Gasteiger partial charge on any atom is 0.432 e. The summed E-state index contributed by atoms with van der Waals surface area (Å²) in [6.07, 6.45) is -3.57. The second-order valence-electron chi connectivity index (χ2n) is 3.08. The van der Waals surface area contributed by atoms with Crippen LogP contribution in [-0.2, 0) is 0 Å². The average Bonchev–Trinajstić information content (AvgIpc) is 2.23. The van der Waals surface area contributed by atoms with Crippen molar-refractivity contribution in [3.05, 3.63) is 41.6 Å². The maximum atomic E-state index is 12.6. The molecule has 1 rings (SSSR count). The third-order valence-electron chi connectivity index (χ3n) is 1.74. The third-order valence-corrected chi connectivity index (χ3v) is 1.84. The topological polar surface area (TPSA) is 50.1 Å². The minimum atomic E-state index is -4.52. The first-order valence-electron chi connectivity index (χ1n) is 4.55. The molecule has 0 atom stereocenters. The first-order chi connectivity index (χ1) is 7.89. The average molecular weight is 261 g/mol. The van der Waals surface area contributed by atoms with E-state index in [4.69, 9.17) is 5.73 Å². The maximum absolute atomic E-state index is 12.6. The van der Waals surface area contributed by atoms with Crippen LogP contribution in [0.2, 0.25) is 0 Å². The van der Waals surface area contributed by atoms with E-state index < -0.39 is 11.9 Å². The Hall–Kier alpha value is -1.76. The lowest BCUT2D eigenvalue weighted by Crippen LogP contribution is -2.43. The molecule has 7 heteroatoms. The summed E-state index contributed by atoms with van der Waals surface area (Å²) in [6.45, 7) is 0. The van der Waals surface area contributed by atoms with Crippen molar-refractivity contribution in [3.63, 3.8) is 0 Å². The lowest BCUT2D eigenvalue weighted by molar-refractivity contribution is -0.0963. The molecule has 0 aliphatic carbocycles. The van der Waals surface area contributed by atoms with Crippen LogP contribution in [0.3, 0.4) is 0 Å². The van der Waals surface area contributed by atoms with Crippen molar-refractivity contribution in [2.75, 3.05) is 0 Å². The fourth-order valence-corrected chi connectivity index (χ4v) is 1.08. The minimum absolute atomic E-state index is 0.270. The molecule has 3 nitrogen and oxygen atoms in total. The van der Waals surface area contributed by atoms with E-state index in [1.807, 2.05) is 10.9 Å². The summed E-state index contributed by atoms with van der Waals surface area (Å²) in [5.74, 6) is 0. The molecule has 0 aliphatic rings. The summed E-state index contributed by atoms with van der Waals surface area (Å²) in [5.41, 5.74) is 8.45. The minimum Gasteiger partial charge on any atom is -0.375 e. The number of alkyl halides is 3. The molecule has 0 saturated heterocycles. The lowest BCUT2D eigenvalue weighted by atomic mass is 10.2. The monoisotopic (exact) mass is 261 g/mol. The van der Waals surface area contributed by atoms with Gasteiger partial charge < -0.3 is 5.73 Å². The molecule has 0 unspecified atom stereocenters. The van der Waals surface area contributed by atoms with Crippen LogP contribution in [0, 0.1) is 0 Å². The zero-order chi connectivity index (χ0) is 12.9. The number of rotatable bonds is 3. The number of nitrogens with one attached hydrogen (secondary N) is 2. The summed E-state index contributed by atoms with van der Waals surface area (Å²) >= 11 is 4.41. The quantitative estimate of drug-likeness (QED) is 0.575. The van der Waals surface area contributed by atoms with Gasteiger partial charge in [0.25, 0.3) is 0 Å². The molecular weight excluding hydrogens is 251 g/mol. The number of thiocarbonyl (C=S) groups is 1. The van der Waals surface area contributed by atoms with E-state index in [9.17, 15) is 13.2 Å². The van der Waals surface area contributed by atoms with E-state index in [0.717, 1.165) is 6.08 Å². The van der Waals surface area contributed by atoms with Gasteiger partial charge in [-0.3, -0.25) is 10.9 Å². The van der Waals surface area contributed by atoms with Crippen LogP contribution in [0.15, 0.2) is 36.0 Å². The van der Waals surface area contributed by atoms with Gasteiger partial charge in [-0.1, -0.05) is 30.3 Å². The van der Waals surface area contributed by atoms with Crippen LogP contribution >= 0.6 is 12.2 Å². The van der Waals surface area contributed by atoms with Crippen LogP contribution in [0.1, 0.15) is 5.56 Å². The number of hydrogen-bond acceptors (Lipinski definition) is 2. The molecule has 0 saturated carbocycles. The molecule has 0 aromatic heterocycles. The van der Waals surface area contributed by atoms with Gasteiger partial charge in [0, 0.05) is 0 Å². The predicted octanol–water partition coefficient (Wildman–Crippen LogP) is 1.93. The van der Waals surface area contributed by atoms with Gasteiger partial charge >= 0.3 is 6.18 Å². The lowest BCUT2D eigenvalue weighted by Gasteiger charge is -2.14. The van der Waals surface area contributed by atoms with Crippen molar-refractivity contribution in [2.45, 2.75) is 6.18 Å². The van der Waals surface area contributed by atoms with Gasteiger partial charge in [-0.15, -0.1) is 0 Å². The highest BCUT2D eigenvalue weighted by Gasteiger charge is 2.33. The molecule has 4 N–H and O–H groups in total. The van der Waals surface area contributed by atoms with Gasteiger partial charge in [-0.05, 0) is 23.9 Å². The number of hydrazine groups is 1. The van der Waals surface area contributed by atoms with E-state index in [1.54, 1.807) is 30.3 Å². The van der Waals surface area contributed by atoms with Crippen molar-refractivity contribution in [1.82, 2.24) is 10.9 Å². The highest BCUT2D eigenvalue weighted by molar-refractivity contribution is 7.80. The van der Waals surface area contributed by atoms with Crippen LogP contribution in [0.5, 0.6) is 0 Å². The first-order valence-corrected chi connectivity index (χ1v) is 4.96. The zero-order valence-corrected chi connectivity index (χ0v) is 9.40. The fourth-order valence-electron chi connectivity index (χ4n) is 1.03. The van der Waals surface area contributed by atoms with Gasteiger partial charge in [-0.2, -0.15) is 13.2 Å². The Labute approximate surface area is 101 Å². The highest BCUT2D eigenvalue weighted by atomic mass is 32.1. The Kier molecular flexibility index (Phi) is 4.33. The largest absolute Gasteiger partial charge is 0.432 e. The Bertz CT molecular complexity index is 415. The van der Waals surface area contributed by atoms with E-state index in [2.05, 4.69) is 12.2 Å². The van der Waals surface area contributed by atoms with Crippen LogP contribution in [-0.4, -0.2) is 11.3 Å². The van der Waals surface area contributed by atoms with E-state index in [0.29, 0.717) is 5.56 Å². The summed E-state index contributed by atoms with van der Waals surface area (Å²) in [7, 11) is 0. The van der Waals surface area contributed by atoms with Crippen molar-refractivity contribution in [1.29, 1.82) is 0 Å². The summed E-state index contributed by atoms with van der Waals surface area (Å²) in [4.78, 5) is 0. The number of hydrogen-bond donors (Lipinski definition) is 3. The van der Waals surface area contributed by atoms with E-state index in [1.165, 1.54) is 0 Å². The highest BCUT2D eigenvalue weighted by Crippen LogP contribution is 2.24. The fraction of sp³-hybridized carbons (Fsp3) is 0.100. The van der Waals surface area contributed by atoms with Crippen molar-refractivity contribution >= 4 is 23.4 Å². The normalized spacial score (nSPS) is 12.1. The second-order valence-corrected chi connectivity index (χ2v) is 3.52. The molecule has 1 aromatic rings. The third kappa shape index (κ3) is 4.73. The molecule has 0 aliphatic heterocycles. The number of benzene rings is 1. The number of allylic oxidation sites excluding steroid dienone is 1. The molecule has 0 heterocycles. The van der Waals surface area contributed by atoms with Crippen molar-refractivity contribution in [3.8, 4) is 0 Å². The molecule has 1 aromatic carbocycles. The molecule has 0 amide bonds. The van der Waals surface area contributed by atoms with Crippen molar-refractivity contribution in [2.24, 2.45) is 5.73 Å². The van der Waals surface area contributed by atoms with Gasteiger partial charge in [0.05, 0.1) is 0 Å². The van der Waals surface area contributed by atoms with Gasteiger partial charge in [0.2, 0.25) is 0 Å². The molecular formula is C10H10F3N3S. The molecule has 92 valence electrons. The zero-order valence-electron chi connectivity index (χ0n) is 8.58. The summed E-state index contributed by atoms with van der Waals surface area (Å²) in [6, 6.07) is 8.09. The van der Waals surface area contributed by atoms with E-state index in [-0.39, 0.29) is 5.11 Å². The molecule has 0 bridgehead atoms. The summed E-state index contributed by atoms with van der Waals surface area (Å²) in [5, 5.41) is -0.270. The molecule has 0 radical (unpaired) electrons. The number of nitrogens with two attached hydrogens (primary N) is 1. The predicted molar refractivity (Wildman–Crippen MR) is 63.5 cm³/mol. The van der Waals surface area contributed by atoms with Gasteiger partial charge in [-0.25, -0.2) is 0 Å². The smallest absolute Gasteiger partial charge is 0.375 e. The Morgan fingerprint density at radius 1 is 1.18 bits per heavy atom. The molecule has 17 heavy (non-hydrogen) atoms. The van der Waals surface area contributed by atoms with Gasteiger partial charge in [0.15, 0.2) is 5.11 Å². The second kappa shape index (κ2) is 5.53. The standard InChI is InChI=1S/C10H10F3N3S/c11-10(12,13)8(15-16-9(14)17)6-7-4-2-1-3-5-7/h1-6,15H,(H3,14,16,17)/b8-6-. The molecule has 0 spiro atoms. The SMILES string of the molecule is NC(=S)NN/C(=C\c1ccccc1)C(F)(F)F. The Morgan fingerprint density at radius 2 is 1.76 bits per heavy atom. The Balaban J connectivity index is 2.91. The van der Waals surface area contributed by atoms with Crippen molar-refractivity contribution < 1.29 is 13.2 Å². The van der Waals surface area contributed by atoms with Crippen LogP contribution < -0.4 is 16.6 Å². The summed E-state index contributed by atoms with van der Waals surface area (Å²) < 4.78 is 37.8.